The first-order valence-electron chi connectivity index (χ1n) is 7.20. The second-order valence-electron chi connectivity index (χ2n) is 5.97. The van der Waals surface area contributed by atoms with Crippen molar-refractivity contribution in [3.63, 3.8) is 0 Å². The molecule has 4 rings (SSSR count). The molecule has 3 aliphatic rings. The minimum atomic E-state index is -0.292. The van der Waals surface area contributed by atoms with Gasteiger partial charge in [0.1, 0.15) is 18.8 Å². The van der Waals surface area contributed by atoms with Gasteiger partial charge in [0.2, 0.25) is 5.91 Å². The maximum Gasteiger partial charge on any atom is 0.248 e. The third-order valence-corrected chi connectivity index (χ3v) is 4.19. The number of amides is 1. The van der Waals surface area contributed by atoms with Crippen molar-refractivity contribution in [2.24, 2.45) is 0 Å². The fourth-order valence-electron chi connectivity index (χ4n) is 3.25. The summed E-state index contributed by atoms with van der Waals surface area (Å²) >= 11 is 0. The van der Waals surface area contributed by atoms with Gasteiger partial charge in [-0.05, 0) is 17.7 Å². The Morgan fingerprint density at radius 1 is 1.19 bits per heavy atom. The summed E-state index contributed by atoms with van der Waals surface area (Å²) in [5.74, 6) is 1.70. The molecule has 112 valence electrons. The van der Waals surface area contributed by atoms with E-state index in [9.17, 15) is 4.79 Å². The van der Waals surface area contributed by atoms with Crippen molar-refractivity contribution >= 4 is 5.91 Å². The van der Waals surface area contributed by atoms with E-state index in [1.54, 1.807) is 7.05 Å². The topological polar surface area (TPSA) is 51.2 Å². The summed E-state index contributed by atoms with van der Waals surface area (Å²) in [6.45, 7) is 3.63. The molecule has 2 saturated heterocycles. The Morgan fingerprint density at radius 2 is 1.95 bits per heavy atom. The molecule has 6 heteroatoms. The van der Waals surface area contributed by atoms with Gasteiger partial charge in [0.05, 0.1) is 6.42 Å². The summed E-state index contributed by atoms with van der Waals surface area (Å²) in [7, 11) is 1.68. The predicted octanol–water partition coefficient (Wildman–Crippen LogP) is 0.806. The standard InChI is InChI=1S/C15H18N2O4/c1-16-14(18)7-15(21-16)9-17(10-15)8-11-2-3-12-13(6-11)20-5-4-19-12/h2-3,6H,4-5,7-10H2,1H3. The van der Waals surface area contributed by atoms with E-state index in [2.05, 4.69) is 11.0 Å². The van der Waals surface area contributed by atoms with Crippen LogP contribution in [0.2, 0.25) is 0 Å². The molecule has 0 bridgehead atoms. The van der Waals surface area contributed by atoms with E-state index < -0.39 is 0 Å². The van der Waals surface area contributed by atoms with Crippen molar-refractivity contribution in [3.05, 3.63) is 23.8 Å². The number of benzene rings is 1. The van der Waals surface area contributed by atoms with Gasteiger partial charge in [-0.2, -0.15) is 0 Å². The van der Waals surface area contributed by atoms with Crippen LogP contribution in [0, 0.1) is 0 Å². The van der Waals surface area contributed by atoms with E-state index in [-0.39, 0.29) is 11.5 Å². The normalized spacial score (nSPS) is 23.5. The van der Waals surface area contributed by atoms with Crippen LogP contribution < -0.4 is 9.47 Å². The van der Waals surface area contributed by atoms with Crippen LogP contribution in [0.15, 0.2) is 18.2 Å². The molecule has 0 atom stereocenters. The number of ether oxygens (including phenoxy) is 2. The van der Waals surface area contributed by atoms with Gasteiger partial charge in [-0.3, -0.25) is 14.5 Å². The first kappa shape index (κ1) is 12.9. The first-order chi connectivity index (χ1) is 10.1. The van der Waals surface area contributed by atoms with Crippen LogP contribution in [0.25, 0.3) is 0 Å². The smallest absolute Gasteiger partial charge is 0.248 e. The van der Waals surface area contributed by atoms with Crippen LogP contribution >= 0.6 is 0 Å². The molecule has 0 aliphatic carbocycles. The fourth-order valence-corrected chi connectivity index (χ4v) is 3.25. The number of carbonyl (C=O) groups is 1. The van der Waals surface area contributed by atoms with Crippen molar-refractivity contribution in [1.29, 1.82) is 0 Å². The van der Waals surface area contributed by atoms with Gasteiger partial charge in [-0.15, -0.1) is 0 Å². The zero-order chi connectivity index (χ0) is 14.4. The molecule has 2 fully saturated rings. The third-order valence-electron chi connectivity index (χ3n) is 4.19. The first-order valence-corrected chi connectivity index (χ1v) is 7.20. The highest BCUT2D eigenvalue weighted by atomic mass is 16.7. The number of likely N-dealkylation sites (tertiary alicyclic amines) is 1. The Hall–Kier alpha value is -1.79. The average molecular weight is 290 g/mol. The van der Waals surface area contributed by atoms with Gasteiger partial charge >= 0.3 is 0 Å². The van der Waals surface area contributed by atoms with Gasteiger partial charge in [0, 0.05) is 26.7 Å². The minimum Gasteiger partial charge on any atom is -0.486 e. The maximum absolute atomic E-state index is 11.6. The van der Waals surface area contributed by atoms with Crippen LogP contribution in [0.1, 0.15) is 12.0 Å². The Bertz CT molecular complexity index is 583. The van der Waals surface area contributed by atoms with Crippen molar-refractivity contribution in [3.8, 4) is 11.5 Å². The van der Waals surface area contributed by atoms with Crippen molar-refractivity contribution in [2.75, 3.05) is 33.4 Å². The number of hydrogen-bond donors (Lipinski definition) is 0. The molecular formula is C15H18N2O4. The molecule has 3 aliphatic heterocycles. The van der Waals surface area contributed by atoms with Crippen molar-refractivity contribution < 1.29 is 19.1 Å². The lowest BCUT2D eigenvalue weighted by Crippen LogP contribution is -2.61. The van der Waals surface area contributed by atoms with E-state index in [0.717, 1.165) is 31.1 Å². The number of fused-ring (bicyclic) bond motifs is 1. The lowest BCUT2D eigenvalue weighted by Gasteiger charge is -2.45. The van der Waals surface area contributed by atoms with Gasteiger partial charge in [-0.25, -0.2) is 5.06 Å². The van der Waals surface area contributed by atoms with Gasteiger partial charge in [0.25, 0.3) is 0 Å². The molecule has 0 unspecified atom stereocenters. The molecule has 1 aromatic carbocycles. The van der Waals surface area contributed by atoms with Crippen LogP contribution in [-0.2, 0) is 16.2 Å². The minimum absolute atomic E-state index is 0.0639. The molecule has 1 amide bonds. The number of nitrogens with zero attached hydrogens (tertiary/aromatic N) is 2. The largest absolute Gasteiger partial charge is 0.486 e. The highest BCUT2D eigenvalue weighted by Crippen LogP contribution is 2.37. The van der Waals surface area contributed by atoms with E-state index >= 15 is 0 Å². The Balaban J connectivity index is 1.39. The summed E-state index contributed by atoms with van der Waals surface area (Å²) in [5.41, 5.74) is 0.895. The number of rotatable bonds is 2. The summed E-state index contributed by atoms with van der Waals surface area (Å²) < 4.78 is 11.1. The molecule has 3 heterocycles. The fraction of sp³-hybridized carbons (Fsp3) is 0.533. The quantitative estimate of drug-likeness (QED) is 0.806. The summed E-state index contributed by atoms with van der Waals surface area (Å²) in [6, 6.07) is 6.06. The second kappa shape index (κ2) is 4.61. The highest BCUT2D eigenvalue weighted by molar-refractivity contribution is 5.78. The number of carbonyl (C=O) groups excluding carboxylic acids is 1. The van der Waals surface area contributed by atoms with E-state index in [1.165, 1.54) is 10.6 Å². The van der Waals surface area contributed by atoms with Gasteiger partial charge < -0.3 is 9.47 Å². The summed E-state index contributed by atoms with van der Waals surface area (Å²) in [6.07, 6.45) is 0.487. The predicted molar refractivity (Wildman–Crippen MR) is 73.9 cm³/mol. The van der Waals surface area contributed by atoms with Gasteiger partial charge in [0.15, 0.2) is 11.5 Å². The van der Waals surface area contributed by atoms with E-state index in [4.69, 9.17) is 14.3 Å². The Morgan fingerprint density at radius 3 is 2.67 bits per heavy atom. The number of hydrogen-bond acceptors (Lipinski definition) is 5. The van der Waals surface area contributed by atoms with Gasteiger partial charge in [-0.1, -0.05) is 6.07 Å². The summed E-state index contributed by atoms with van der Waals surface area (Å²) in [5, 5.41) is 1.36. The SMILES string of the molecule is CN1OC2(CC1=O)CN(Cc1ccc3c(c1)OCCO3)C2. The Kier molecular flexibility index (Phi) is 2.83. The molecule has 0 aromatic heterocycles. The molecule has 6 nitrogen and oxygen atoms in total. The molecule has 1 spiro atoms. The molecule has 0 saturated carbocycles. The zero-order valence-corrected chi connectivity index (χ0v) is 12.0. The highest BCUT2D eigenvalue weighted by Gasteiger charge is 2.52. The molecule has 1 aromatic rings. The number of hydroxylamine groups is 2. The van der Waals surface area contributed by atoms with Crippen molar-refractivity contribution in [2.45, 2.75) is 18.6 Å². The molecule has 21 heavy (non-hydrogen) atoms. The molecular weight excluding hydrogens is 272 g/mol. The zero-order valence-electron chi connectivity index (χ0n) is 12.0. The Labute approximate surface area is 123 Å². The van der Waals surface area contributed by atoms with Crippen molar-refractivity contribution in [1.82, 2.24) is 9.96 Å². The third kappa shape index (κ3) is 2.24. The van der Waals surface area contributed by atoms with Crippen LogP contribution in [0.4, 0.5) is 0 Å². The maximum atomic E-state index is 11.6. The monoisotopic (exact) mass is 290 g/mol. The molecule has 0 N–H and O–H groups in total. The summed E-state index contributed by atoms with van der Waals surface area (Å²) in [4.78, 5) is 19.5. The average Bonchev–Trinajstić information content (AvgIpc) is 2.74. The van der Waals surface area contributed by atoms with Crippen LogP contribution in [-0.4, -0.2) is 54.8 Å². The lowest BCUT2D eigenvalue weighted by molar-refractivity contribution is -0.227. The molecule has 0 radical (unpaired) electrons. The second-order valence-corrected chi connectivity index (χ2v) is 5.97. The van der Waals surface area contributed by atoms with Crippen LogP contribution in [0.5, 0.6) is 11.5 Å². The van der Waals surface area contributed by atoms with E-state index in [1.807, 2.05) is 12.1 Å². The lowest BCUT2D eigenvalue weighted by atomic mass is 9.90. The van der Waals surface area contributed by atoms with Crippen LogP contribution in [0.3, 0.4) is 0 Å². The van der Waals surface area contributed by atoms with E-state index in [0.29, 0.717) is 19.6 Å².